The van der Waals surface area contributed by atoms with Crippen LogP contribution in [-0.2, 0) is 10.8 Å². The summed E-state index contributed by atoms with van der Waals surface area (Å²) in [4.78, 5) is 9.64. The Kier molecular flexibility index (Phi) is 10.8. The van der Waals surface area contributed by atoms with E-state index in [1.54, 1.807) is 0 Å². The average Bonchev–Trinajstić information content (AvgIpc) is 3.45. The first kappa shape index (κ1) is 44.8. The van der Waals surface area contributed by atoms with Crippen LogP contribution in [0.2, 0.25) is 0 Å². The number of nitrogens with zero attached hydrogens (tertiary/aromatic N) is 4. The van der Waals surface area contributed by atoms with E-state index in [9.17, 15) is 0 Å². The van der Waals surface area contributed by atoms with Gasteiger partial charge in [-0.1, -0.05) is 173 Å². The van der Waals surface area contributed by atoms with Gasteiger partial charge in [0.25, 0.3) is 0 Å². The van der Waals surface area contributed by atoms with Crippen LogP contribution in [0, 0.1) is 0 Å². The van der Waals surface area contributed by atoms with E-state index in [1.165, 1.54) is 55.8 Å². The molecule has 11 aromatic rings. The van der Waals surface area contributed by atoms with E-state index < -0.39 is 0 Å². The van der Waals surface area contributed by atoms with Gasteiger partial charge in [0, 0.05) is 56.3 Å². The van der Waals surface area contributed by atoms with Gasteiger partial charge in [-0.15, -0.1) is 0 Å². The van der Waals surface area contributed by atoms with Crippen molar-refractivity contribution in [1.29, 1.82) is 0 Å². The molecule has 4 nitrogen and oxygen atoms in total. The molecule has 0 saturated carbocycles. The first-order chi connectivity index (χ1) is 36.2. The highest BCUT2D eigenvalue weighted by atomic mass is 15.2. The first-order valence-electron chi connectivity index (χ1n) is 25.8. The molecule has 74 heavy (non-hydrogen) atoms. The Bertz CT molecular complexity index is 3850. The van der Waals surface area contributed by atoms with Gasteiger partial charge in [-0.3, -0.25) is 0 Å². The van der Waals surface area contributed by atoms with Crippen molar-refractivity contribution in [3.8, 4) is 11.1 Å². The third kappa shape index (κ3) is 7.52. The summed E-state index contributed by atoms with van der Waals surface area (Å²) in [6, 6.07) is 97.6. The second-order valence-corrected chi connectivity index (χ2v) is 20.7. The number of para-hydroxylation sites is 5. The highest BCUT2D eigenvalue weighted by Gasteiger charge is 2.39. The summed E-state index contributed by atoms with van der Waals surface area (Å²) in [5.41, 5.74) is 20.8. The summed E-state index contributed by atoms with van der Waals surface area (Å²) in [5.74, 6) is 0. The Morgan fingerprint density at radius 1 is 0.257 bits per heavy atom. The van der Waals surface area contributed by atoms with Gasteiger partial charge in [0.05, 0.1) is 22.7 Å². The van der Waals surface area contributed by atoms with Crippen LogP contribution in [0.15, 0.2) is 267 Å². The van der Waals surface area contributed by atoms with Crippen LogP contribution in [0.5, 0.6) is 0 Å². The minimum atomic E-state index is -0.249. The monoisotopic (exact) mass is 952 g/mol. The molecule has 0 aliphatic carbocycles. The molecule has 0 atom stereocenters. The van der Waals surface area contributed by atoms with E-state index in [-0.39, 0.29) is 10.8 Å². The number of fused-ring (bicyclic) bond motifs is 5. The predicted octanol–water partition coefficient (Wildman–Crippen LogP) is 19.7. The molecule has 2 aliphatic heterocycles. The largest absolute Gasteiger partial charge is 0.310 e. The van der Waals surface area contributed by atoms with Gasteiger partial charge < -0.3 is 19.6 Å². The van der Waals surface area contributed by atoms with E-state index in [1.807, 2.05) is 0 Å². The average molecular weight is 953 g/mol. The maximum absolute atomic E-state index is 2.42. The second kappa shape index (κ2) is 17.9. The minimum Gasteiger partial charge on any atom is -0.310 e. The standard InChI is InChI=1S/C70H56N4/c1-69(2)61-28-16-18-30-65(61)73(54-24-10-6-11-25-54)67-44-42-59(47-63(67)69)71(53-22-8-5-9-23-53)56-37-32-50(33-38-56)51-34-39-57(40-35-51)72(58-41-36-49-20-14-15-21-52(49)46-58)60-43-45-68-64(48-60)70(3,4)62-29-17-19-31-66(62)74(68)55-26-12-7-13-27-55/h5-48H,1-4H3. The van der Waals surface area contributed by atoms with Crippen molar-refractivity contribution < 1.29 is 0 Å². The molecule has 0 amide bonds. The summed E-state index contributed by atoms with van der Waals surface area (Å²) in [7, 11) is 0. The zero-order chi connectivity index (χ0) is 50.0. The minimum absolute atomic E-state index is 0.234. The third-order valence-corrected chi connectivity index (χ3v) is 15.6. The molecule has 13 rings (SSSR count). The van der Waals surface area contributed by atoms with Crippen molar-refractivity contribution in [2.75, 3.05) is 19.6 Å². The van der Waals surface area contributed by atoms with Crippen molar-refractivity contribution in [1.82, 2.24) is 0 Å². The molecular weight excluding hydrogens is 897 g/mol. The fraction of sp³-hybridized carbons (Fsp3) is 0.0857. The van der Waals surface area contributed by atoms with Crippen molar-refractivity contribution in [3.05, 3.63) is 289 Å². The van der Waals surface area contributed by atoms with Crippen LogP contribution in [0.1, 0.15) is 49.9 Å². The normalized spacial score (nSPS) is 13.8. The lowest BCUT2D eigenvalue weighted by atomic mass is 9.73. The van der Waals surface area contributed by atoms with Crippen LogP contribution in [0.4, 0.5) is 68.2 Å². The predicted molar refractivity (Wildman–Crippen MR) is 312 cm³/mol. The smallest absolute Gasteiger partial charge is 0.0504 e. The van der Waals surface area contributed by atoms with E-state index in [0.717, 1.165) is 56.6 Å². The van der Waals surface area contributed by atoms with E-state index in [0.29, 0.717) is 0 Å². The number of benzene rings is 11. The van der Waals surface area contributed by atoms with Crippen molar-refractivity contribution in [2.45, 2.75) is 38.5 Å². The summed E-state index contributed by atoms with van der Waals surface area (Å²) >= 11 is 0. The van der Waals surface area contributed by atoms with E-state index >= 15 is 0 Å². The highest BCUT2D eigenvalue weighted by Crippen LogP contribution is 2.55. The number of hydrogen-bond donors (Lipinski definition) is 0. The first-order valence-corrected chi connectivity index (χ1v) is 25.8. The molecule has 0 fully saturated rings. The Labute approximate surface area is 435 Å². The summed E-state index contributed by atoms with van der Waals surface area (Å²) in [6.07, 6.45) is 0. The van der Waals surface area contributed by atoms with Crippen LogP contribution in [0.3, 0.4) is 0 Å². The number of anilines is 12. The van der Waals surface area contributed by atoms with Crippen LogP contribution in [-0.4, -0.2) is 0 Å². The fourth-order valence-corrected chi connectivity index (χ4v) is 11.8. The van der Waals surface area contributed by atoms with Gasteiger partial charge in [-0.2, -0.15) is 0 Å². The van der Waals surface area contributed by atoms with Gasteiger partial charge >= 0.3 is 0 Å². The van der Waals surface area contributed by atoms with Gasteiger partial charge in [0.1, 0.15) is 0 Å². The van der Waals surface area contributed by atoms with Gasteiger partial charge in [0.15, 0.2) is 0 Å². The lowest BCUT2D eigenvalue weighted by Crippen LogP contribution is -2.30. The van der Waals surface area contributed by atoms with Gasteiger partial charge in [-0.05, 0) is 165 Å². The van der Waals surface area contributed by atoms with E-state index in [2.05, 4.69) is 314 Å². The highest BCUT2D eigenvalue weighted by molar-refractivity contribution is 5.93. The molecule has 356 valence electrons. The number of rotatable bonds is 9. The molecule has 4 heteroatoms. The Morgan fingerprint density at radius 2 is 0.595 bits per heavy atom. The lowest BCUT2D eigenvalue weighted by molar-refractivity contribution is 0.632. The lowest BCUT2D eigenvalue weighted by Gasteiger charge is -2.42. The molecule has 11 aromatic carbocycles. The summed E-state index contributed by atoms with van der Waals surface area (Å²) < 4.78 is 0. The molecule has 0 unspecified atom stereocenters. The molecule has 2 heterocycles. The van der Waals surface area contributed by atoms with Crippen molar-refractivity contribution in [2.24, 2.45) is 0 Å². The maximum Gasteiger partial charge on any atom is 0.0504 e. The topological polar surface area (TPSA) is 13.0 Å². The SMILES string of the molecule is CC1(C)c2ccccc2N(c2ccccc2)c2ccc(N(c3ccccc3)c3ccc(-c4ccc(N(c5ccc6c(c5)C(C)(C)c5ccccc5N6c5ccccc5)c5ccc6ccccc6c5)cc4)cc3)cc21. The zero-order valence-corrected chi connectivity index (χ0v) is 42.2. The van der Waals surface area contributed by atoms with Crippen LogP contribution in [0.25, 0.3) is 21.9 Å². The van der Waals surface area contributed by atoms with Gasteiger partial charge in [0.2, 0.25) is 0 Å². The maximum atomic E-state index is 2.42. The second-order valence-electron chi connectivity index (χ2n) is 20.7. The molecule has 0 aromatic heterocycles. The molecule has 0 bridgehead atoms. The van der Waals surface area contributed by atoms with Crippen molar-refractivity contribution in [3.63, 3.8) is 0 Å². The molecule has 0 radical (unpaired) electrons. The fourth-order valence-electron chi connectivity index (χ4n) is 11.8. The summed E-state index contributed by atoms with van der Waals surface area (Å²) in [6.45, 7) is 9.44. The van der Waals surface area contributed by atoms with Gasteiger partial charge in [-0.25, -0.2) is 0 Å². The summed E-state index contributed by atoms with van der Waals surface area (Å²) in [5, 5.41) is 2.43. The molecule has 0 saturated heterocycles. The Hall–Kier alpha value is -9.12. The van der Waals surface area contributed by atoms with Crippen LogP contribution >= 0.6 is 0 Å². The van der Waals surface area contributed by atoms with Crippen molar-refractivity contribution >= 4 is 79.0 Å². The quantitative estimate of drug-likeness (QED) is 0.143. The number of hydrogen-bond acceptors (Lipinski definition) is 4. The molecular formula is C70H56N4. The molecule has 0 spiro atoms. The molecule has 0 N–H and O–H groups in total. The third-order valence-electron chi connectivity index (χ3n) is 15.6. The molecule has 2 aliphatic rings. The Balaban J connectivity index is 0.870. The van der Waals surface area contributed by atoms with Crippen LogP contribution < -0.4 is 19.6 Å². The Morgan fingerprint density at radius 3 is 1.08 bits per heavy atom. The zero-order valence-electron chi connectivity index (χ0n) is 42.2. The van der Waals surface area contributed by atoms with E-state index in [4.69, 9.17) is 0 Å².